The number of carbonyl (C=O) groups is 1. The summed E-state index contributed by atoms with van der Waals surface area (Å²) in [6.07, 6.45) is 0.0570. The van der Waals surface area contributed by atoms with Gasteiger partial charge in [0.15, 0.2) is 0 Å². The Morgan fingerprint density at radius 1 is 1.20 bits per heavy atom. The second-order valence-corrected chi connectivity index (χ2v) is 7.86. The highest BCUT2D eigenvalue weighted by Gasteiger charge is 2.39. The van der Waals surface area contributed by atoms with Gasteiger partial charge in [-0.2, -0.15) is 5.26 Å². The van der Waals surface area contributed by atoms with Gasteiger partial charge in [0.25, 0.3) is 0 Å². The molecule has 0 N–H and O–H groups in total. The Morgan fingerprint density at radius 3 is 2.70 bits per heavy atom. The van der Waals surface area contributed by atoms with Gasteiger partial charge in [0.05, 0.1) is 49.1 Å². The smallest absolute Gasteiger partial charge is 0.229 e. The molecule has 30 heavy (non-hydrogen) atoms. The number of benzene rings is 2. The van der Waals surface area contributed by atoms with Crippen molar-refractivity contribution in [1.82, 2.24) is 4.90 Å². The maximum absolute atomic E-state index is 14.4. The van der Waals surface area contributed by atoms with Crippen molar-refractivity contribution in [1.29, 1.82) is 5.26 Å². The molecule has 1 fully saturated rings. The number of hydrogen-bond donors (Lipinski definition) is 0. The van der Waals surface area contributed by atoms with E-state index in [0.29, 0.717) is 40.2 Å². The third kappa shape index (κ3) is 3.46. The number of fused-ring (bicyclic) bond motifs is 1. The number of allylic oxidation sites excluding steroid dienone is 1. The number of ether oxygens (including phenoxy) is 2. The molecule has 0 bridgehead atoms. The lowest BCUT2D eigenvalue weighted by molar-refractivity contribution is -0.129. The van der Waals surface area contributed by atoms with Crippen LogP contribution in [0.15, 0.2) is 53.1 Å². The van der Waals surface area contributed by atoms with Crippen molar-refractivity contribution in [3.63, 3.8) is 0 Å². The Kier molecular flexibility index (Phi) is 5.55. The Balaban J connectivity index is 1.68. The minimum absolute atomic E-state index is 0.0570. The van der Waals surface area contributed by atoms with Crippen molar-refractivity contribution in [2.75, 3.05) is 31.7 Å². The minimum atomic E-state index is -0.565. The number of nitriles is 1. The summed E-state index contributed by atoms with van der Waals surface area (Å²) in [5, 5.41) is 10.4. The summed E-state index contributed by atoms with van der Waals surface area (Å²) in [6.45, 7) is 0.291. The first-order chi connectivity index (χ1) is 14.6. The van der Waals surface area contributed by atoms with E-state index in [1.807, 2.05) is 17.0 Å². The molecule has 0 radical (unpaired) electrons. The molecule has 2 aromatic carbocycles. The topological polar surface area (TPSA) is 65.8 Å². The standard InChI is InChI=1S/C22H20FN3O3S/c1-28-14-7-8-19(20(9-14)29-2)25-12-26-21(27)10-16(15-5-3-4-6-18(15)23)17(11-24)22(26)30-13-25/h3-9,16H,10,12-13H2,1-2H3/t16-/m1/s1. The van der Waals surface area contributed by atoms with Crippen LogP contribution in [0.5, 0.6) is 11.5 Å². The predicted molar refractivity (Wildman–Crippen MR) is 113 cm³/mol. The first-order valence-electron chi connectivity index (χ1n) is 9.36. The number of amides is 1. The molecule has 0 saturated carbocycles. The number of nitrogens with zero attached hydrogens (tertiary/aromatic N) is 3. The van der Waals surface area contributed by atoms with Crippen LogP contribution in [0, 0.1) is 17.1 Å². The van der Waals surface area contributed by atoms with Crippen molar-refractivity contribution in [3.05, 3.63) is 64.4 Å². The first-order valence-corrected chi connectivity index (χ1v) is 10.3. The Hall–Kier alpha value is -3.18. The molecule has 0 aliphatic carbocycles. The molecule has 0 spiro atoms. The Morgan fingerprint density at radius 2 is 2.00 bits per heavy atom. The minimum Gasteiger partial charge on any atom is -0.497 e. The molecule has 1 amide bonds. The molecule has 6 nitrogen and oxygen atoms in total. The zero-order valence-electron chi connectivity index (χ0n) is 16.6. The quantitative estimate of drug-likeness (QED) is 0.736. The van der Waals surface area contributed by atoms with E-state index < -0.39 is 11.7 Å². The average molecular weight is 425 g/mol. The van der Waals surface area contributed by atoms with Crippen molar-refractivity contribution in [3.8, 4) is 17.6 Å². The van der Waals surface area contributed by atoms with Crippen LogP contribution >= 0.6 is 11.8 Å². The van der Waals surface area contributed by atoms with Crippen LogP contribution in [-0.4, -0.2) is 37.6 Å². The molecule has 4 rings (SSSR count). The fourth-order valence-corrected chi connectivity index (χ4v) is 4.94. The summed E-state index contributed by atoms with van der Waals surface area (Å²) < 4.78 is 25.1. The molecule has 2 heterocycles. The summed E-state index contributed by atoms with van der Waals surface area (Å²) in [5.41, 5.74) is 1.65. The zero-order chi connectivity index (χ0) is 21.3. The second kappa shape index (κ2) is 8.28. The number of thioether (sulfide) groups is 1. The van der Waals surface area contributed by atoms with Gasteiger partial charge < -0.3 is 14.4 Å². The van der Waals surface area contributed by atoms with Crippen LogP contribution in [0.2, 0.25) is 0 Å². The van der Waals surface area contributed by atoms with Crippen LogP contribution in [0.3, 0.4) is 0 Å². The molecule has 8 heteroatoms. The van der Waals surface area contributed by atoms with Gasteiger partial charge in [-0.05, 0) is 23.8 Å². The molecule has 0 aromatic heterocycles. The highest BCUT2D eigenvalue weighted by Crippen LogP contribution is 2.45. The van der Waals surface area contributed by atoms with Gasteiger partial charge in [-0.1, -0.05) is 30.0 Å². The van der Waals surface area contributed by atoms with Crippen LogP contribution in [-0.2, 0) is 4.79 Å². The third-order valence-electron chi connectivity index (χ3n) is 5.30. The third-order valence-corrected chi connectivity index (χ3v) is 6.46. The van der Waals surface area contributed by atoms with Crippen LogP contribution in [0.25, 0.3) is 0 Å². The van der Waals surface area contributed by atoms with Crippen molar-refractivity contribution in [2.24, 2.45) is 0 Å². The summed E-state index contributed by atoms with van der Waals surface area (Å²) in [6, 6.07) is 14.1. The largest absolute Gasteiger partial charge is 0.497 e. The Bertz CT molecular complexity index is 1070. The van der Waals surface area contributed by atoms with E-state index in [-0.39, 0.29) is 12.3 Å². The average Bonchev–Trinajstić information content (AvgIpc) is 2.78. The molecule has 2 aliphatic rings. The van der Waals surface area contributed by atoms with Crippen LogP contribution in [0.4, 0.5) is 10.1 Å². The molecule has 1 atom stereocenters. The van der Waals surface area contributed by atoms with Gasteiger partial charge in [0.1, 0.15) is 17.3 Å². The van der Waals surface area contributed by atoms with Gasteiger partial charge in [-0.3, -0.25) is 9.69 Å². The fraction of sp³-hybridized carbons (Fsp3) is 0.273. The van der Waals surface area contributed by atoms with Gasteiger partial charge >= 0.3 is 0 Å². The summed E-state index contributed by atoms with van der Waals surface area (Å²) in [7, 11) is 3.17. The van der Waals surface area contributed by atoms with Gasteiger partial charge in [0.2, 0.25) is 5.91 Å². The predicted octanol–water partition coefficient (Wildman–Crippen LogP) is 4.06. The molecule has 2 aliphatic heterocycles. The molecule has 1 saturated heterocycles. The highest BCUT2D eigenvalue weighted by atomic mass is 32.2. The lowest BCUT2D eigenvalue weighted by Crippen LogP contribution is -2.47. The van der Waals surface area contributed by atoms with Crippen molar-refractivity contribution in [2.45, 2.75) is 12.3 Å². The SMILES string of the molecule is COc1ccc(N2CSC3=C(C#N)[C@@H](c4ccccc4F)CC(=O)N3C2)c(OC)c1. The monoisotopic (exact) mass is 425 g/mol. The summed E-state index contributed by atoms with van der Waals surface area (Å²) in [4.78, 5) is 16.6. The van der Waals surface area contributed by atoms with Gasteiger partial charge in [0, 0.05) is 18.4 Å². The maximum Gasteiger partial charge on any atom is 0.229 e. The normalized spacial score (nSPS) is 18.7. The molecular formula is C22H20FN3O3S. The van der Waals surface area contributed by atoms with E-state index in [0.717, 1.165) is 5.69 Å². The maximum atomic E-state index is 14.4. The van der Waals surface area contributed by atoms with E-state index in [4.69, 9.17) is 9.47 Å². The first kappa shape index (κ1) is 20.1. The fourth-order valence-electron chi connectivity index (χ4n) is 3.78. The molecular weight excluding hydrogens is 405 g/mol. The van der Waals surface area contributed by atoms with Gasteiger partial charge in [-0.15, -0.1) is 0 Å². The highest BCUT2D eigenvalue weighted by molar-refractivity contribution is 8.03. The van der Waals surface area contributed by atoms with E-state index in [9.17, 15) is 14.4 Å². The van der Waals surface area contributed by atoms with Gasteiger partial charge in [-0.25, -0.2) is 4.39 Å². The van der Waals surface area contributed by atoms with Crippen LogP contribution in [0.1, 0.15) is 17.9 Å². The number of methoxy groups -OCH3 is 2. The lowest BCUT2D eigenvalue weighted by Gasteiger charge is -2.42. The molecule has 2 aromatic rings. The number of anilines is 1. The number of carbonyl (C=O) groups excluding carboxylic acids is 1. The number of hydrogen-bond acceptors (Lipinski definition) is 6. The molecule has 154 valence electrons. The lowest BCUT2D eigenvalue weighted by atomic mass is 9.86. The zero-order valence-corrected chi connectivity index (χ0v) is 17.4. The Labute approximate surface area is 178 Å². The van der Waals surface area contributed by atoms with Crippen molar-refractivity contribution >= 4 is 23.4 Å². The van der Waals surface area contributed by atoms with E-state index in [1.54, 1.807) is 43.4 Å². The number of halogens is 1. The van der Waals surface area contributed by atoms with Crippen molar-refractivity contribution < 1.29 is 18.7 Å². The van der Waals surface area contributed by atoms with Crippen LogP contribution < -0.4 is 14.4 Å². The van der Waals surface area contributed by atoms with E-state index in [1.165, 1.54) is 17.8 Å². The second-order valence-electron chi connectivity index (χ2n) is 6.92. The number of rotatable bonds is 4. The van der Waals surface area contributed by atoms with E-state index in [2.05, 4.69) is 6.07 Å². The summed E-state index contributed by atoms with van der Waals surface area (Å²) in [5.74, 6) is 0.733. The van der Waals surface area contributed by atoms with E-state index >= 15 is 0 Å². The summed E-state index contributed by atoms with van der Waals surface area (Å²) >= 11 is 1.40. The molecule has 0 unspecified atom stereocenters.